The molecule has 0 aliphatic carbocycles. The maximum Gasteiger partial charge on any atom is 0.262 e. The van der Waals surface area contributed by atoms with Crippen LogP contribution in [0.1, 0.15) is 23.5 Å². The number of hydrogen-bond acceptors (Lipinski definition) is 5. The highest BCUT2D eigenvalue weighted by Gasteiger charge is 2.25. The predicted molar refractivity (Wildman–Crippen MR) is 91.6 cm³/mol. The topological polar surface area (TPSA) is 76.7 Å². The van der Waals surface area contributed by atoms with Gasteiger partial charge in [0.25, 0.3) is 5.91 Å². The van der Waals surface area contributed by atoms with Crippen molar-refractivity contribution in [2.75, 3.05) is 12.1 Å². The summed E-state index contributed by atoms with van der Waals surface area (Å²) in [5.41, 5.74) is 0.597. The van der Waals surface area contributed by atoms with E-state index < -0.39 is 6.04 Å². The Hall–Kier alpha value is -2.54. The fourth-order valence-corrected chi connectivity index (χ4v) is 2.98. The van der Waals surface area contributed by atoms with Crippen LogP contribution in [0.3, 0.4) is 0 Å². The van der Waals surface area contributed by atoms with E-state index in [1.165, 1.54) is 11.3 Å². The first-order valence-electron chi connectivity index (χ1n) is 7.59. The second-order valence-corrected chi connectivity index (χ2v) is 6.68. The monoisotopic (exact) mass is 346 g/mol. The van der Waals surface area contributed by atoms with Crippen molar-refractivity contribution in [2.45, 2.75) is 19.9 Å². The Labute approximate surface area is 143 Å². The number of carbonyl (C=O) groups excluding carboxylic acids is 2. The highest BCUT2D eigenvalue weighted by Crippen LogP contribution is 2.34. The number of ether oxygens (including phenoxy) is 2. The molecule has 126 valence electrons. The normalized spacial score (nSPS) is 13.6. The second-order valence-electron chi connectivity index (χ2n) is 5.73. The lowest BCUT2D eigenvalue weighted by Gasteiger charge is -2.21. The molecule has 0 unspecified atom stereocenters. The van der Waals surface area contributed by atoms with E-state index >= 15 is 0 Å². The molecule has 0 spiro atoms. The van der Waals surface area contributed by atoms with Gasteiger partial charge in [-0.15, -0.1) is 11.3 Å². The Morgan fingerprint density at radius 2 is 1.96 bits per heavy atom. The van der Waals surface area contributed by atoms with E-state index in [-0.39, 0.29) is 24.5 Å². The number of amides is 2. The van der Waals surface area contributed by atoms with Gasteiger partial charge in [0.15, 0.2) is 11.5 Å². The maximum absolute atomic E-state index is 12.6. The van der Waals surface area contributed by atoms with E-state index in [1.54, 1.807) is 30.3 Å². The third-order valence-corrected chi connectivity index (χ3v) is 4.49. The van der Waals surface area contributed by atoms with Gasteiger partial charge in [0.2, 0.25) is 12.7 Å². The van der Waals surface area contributed by atoms with Crippen LogP contribution < -0.4 is 20.1 Å². The lowest BCUT2D eigenvalue weighted by atomic mass is 10.0. The first kappa shape index (κ1) is 16.3. The van der Waals surface area contributed by atoms with Crippen molar-refractivity contribution in [2.24, 2.45) is 5.92 Å². The summed E-state index contributed by atoms with van der Waals surface area (Å²) in [5, 5.41) is 7.44. The van der Waals surface area contributed by atoms with Crippen molar-refractivity contribution in [3.8, 4) is 11.5 Å². The third-order valence-electron chi connectivity index (χ3n) is 3.62. The van der Waals surface area contributed by atoms with Crippen molar-refractivity contribution in [3.05, 3.63) is 40.6 Å². The van der Waals surface area contributed by atoms with Crippen molar-refractivity contribution in [1.29, 1.82) is 0 Å². The molecule has 7 heteroatoms. The molecule has 2 amide bonds. The van der Waals surface area contributed by atoms with Gasteiger partial charge in [0, 0.05) is 11.8 Å². The molecule has 1 atom stereocenters. The van der Waals surface area contributed by atoms with Gasteiger partial charge in [-0.3, -0.25) is 9.59 Å². The molecule has 0 saturated carbocycles. The second kappa shape index (κ2) is 6.92. The molecular weight excluding hydrogens is 328 g/mol. The van der Waals surface area contributed by atoms with Gasteiger partial charge in [-0.1, -0.05) is 19.9 Å². The van der Waals surface area contributed by atoms with Crippen LogP contribution in [0, 0.1) is 5.92 Å². The molecule has 1 aliphatic rings. The van der Waals surface area contributed by atoms with E-state index in [0.29, 0.717) is 22.1 Å². The van der Waals surface area contributed by atoms with E-state index in [0.717, 1.165) is 0 Å². The number of hydrogen-bond donors (Lipinski definition) is 2. The van der Waals surface area contributed by atoms with Gasteiger partial charge in [0.1, 0.15) is 6.04 Å². The Morgan fingerprint density at radius 1 is 1.17 bits per heavy atom. The maximum atomic E-state index is 12.6. The summed E-state index contributed by atoms with van der Waals surface area (Å²) in [5.74, 6) is 0.678. The highest BCUT2D eigenvalue weighted by molar-refractivity contribution is 7.12. The van der Waals surface area contributed by atoms with Crippen LogP contribution >= 0.6 is 11.3 Å². The van der Waals surface area contributed by atoms with Crippen molar-refractivity contribution in [3.63, 3.8) is 0 Å². The summed E-state index contributed by atoms with van der Waals surface area (Å²) in [7, 11) is 0. The van der Waals surface area contributed by atoms with E-state index in [1.807, 2.05) is 19.2 Å². The molecule has 1 aromatic heterocycles. The summed E-state index contributed by atoms with van der Waals surface area (Å²) in [6, 6.07) is 8.09. The molecule has 0 bridgehead atoms. The van der Waals surface area contributed by atoms with Crippen LogP contribution in [0.5, 0.6) is 11.5 Å². The van der Waals surface area contributed by atoms with Crippen LogP contribution in [0.2, 0.25) is 0 Å². The average molecular weight is 346 g/mol. The largest absolute Gasteiger partial charge is 0.454 e. The first-order chi connectivity index (χ1) is 11.5. The molecular formula is C17H18N2O4S. The lowest BCUT2D eigenvalue weighted by Crippen LogP contribution is -2.46. The van der Waals surface area contributed by atoms with Gasteiger partial charge >= 0.3 is 0 Å². The minimum atomic E-state index is -0.634. The highest BCUT2D eigenvalue weighted by atomic mass is 32.1. The SMILES string of the molecule is CC(C)[C@@H](NC(=O)c1cccs1)C(=O)Nc1ccc2c(c1)OCO2. The zero-order valence-corrected chi connectivity index (χ0v) is 14.2. The predicted octanol–water partition coefficient (Wildman–Crippen LogP) is 2.87. The smallest absolute Gasteiger partial charge is 0.262 e. The van der Waals surface area contributed by atoms with Crippen molar-refractivity contribution < 1.29 is 19.1 Å². The minimum absolute atomic E-state index is 0.0528. The molecule has 2 heterocycles. The molecule has 1 aromatic carbocycles. The van der Waals surface area contributed by atoms with Gasteiger partial charge in [-0.05, 0) is 29.5 Å². The van der Waals surface area contributed by atoms with Crippen molar-refractivity contribution >= 4 is 28.8 Å². The Balaban J connectivity index is 1.69. The lowest BCUT2D eigenvalue weighted by molar-refractivity contribution is -0.118. The number of rotatable bonds is 5. The number of benzene rings is 1. The van der Waals surface area contributed by atoms with Crippen LogP contribution in [-0.2, 0) is 4.79 Å². The zero-order chi connectivity index (χ0) is 17.1. The molecule has 1 aliphatic heterocycles. The summed E-state index contributed by atoms with van der Waals surface area (Å²) in [6.07, 6.45) is 0. The van der Waals surface area contributed by atoms with Crippen molar-refractivity contribution in [1.82, 2.24) is 5.32 Å². The molecule has 2 N–H and O–H groups in total. The number of fused-ring (bicyclic) bond motifs is 1. The summed E-state index contributed by atoms with van der Waals surface area (Å²) >= 11 is 1.34. The fourth-order valence-electron chi connectivity index (χ4n) is 2.35. The molecule has 24 heavy (non-hydrogen) atoms. The molecule has 3 rings (SSSR count). The van der Waals surface area contributed by atoms with Gasteiger partial charge < -0.3 is 20.1 Å². The quantitative estimate of drug-likeness (QED) is 0.873. The van der Waals surface area contributed by atoms with Crippen LogP contribution in [0.15, 0.2) is 35.7 Å². The summed E-state index contributed by atoms with van der Waals surface area (Å²) < 4.78 is 10.5. The van der Waals surface area contributed by atoms with Crippen LogP contribution in [0.25, 0.3) is 0 Å². The van der Waals surface area contributed by atoms with E-state index in [4.69, 9.17) is 9.47 Å². The molecule has 6 nitrogen and oxygen atoms in total. The molecule has 0 saturated heterocycles. The van der Waals surface area contributed by atoms with Crippen LogP contribution in [-0.4, -0.2) is 24.6 Å². The van der Waals surface area contributed by atoms with Gasteiger partial charge in [-0.2, -0.15) is 0 Å². The number of nitrogens with one attached hydrogen (secondary N) is 2. The van der Waals surface area contributed by atoms with Gasteiger partial charge in [0.05, 0.1) is 4.88 Å². The Bertz CT molecular complexity index is 743. The van der Waals surface area contributed by atoms with Gasteiger partial charge in [-0.25, -0.2) is 0 Å². The standard InChI is InChI=1S/C17H18N2O4S/c1-10(2)15(19-16(20)14-4-3-7-24-14)17(21)18-11-5-6-12-13(8-11)23-9-22-12/h3-8,10,15H,9H2,1-2H3,(H,18,21)(H,19,20)/t15-/m1/s1. The third kappa shape index (κ3) is 3.51. The average Bonchev–Trinajstić information content (AvgIpc) is 3.22. The number of anilines is 1. The number of thiophene rings is 1. The first-order valence-corrected chi connectivity index (χ1v) is 8.47. The Kier molecular flexibility index (Phi) is 4.71. The minimum Gasteiger partial charge on any atom is -0.454 e. The summed E-state index contributed by atoms with van der Waals surface area (Å²) in [6.45, 7) is 3.95. The Morgan fingerprint density at radius 3 is 2.67 bits per heavy atom. The fraction of sp³-hybridized carbons (Fsp3) is 0.294. The van der Waals surface area contributed by atoms with Crippen LogP contribution in [0.4, 0.5) is 5.69 Å². The summed E-state index contributed by atoms with van der Waals surface area (Å²) in [4.78, 5) is 25.4. The zero-order valence-electron chi connectivity index (χ0n) is 13.4. The van der Waals surface area contributed by atoms with E-state index in [9.17, 15) is 9.59 Å². The van der Waals surface area contributed by atoms with E-state index in [2.05, 4.69) is 10.6 Å². The molecule has 0 radical (unpaired) electrons. The molecule has 0 fully saturated rings. The molecule has 2 aromatic rings. The number of carbonyl (C=O) groups is 2.